The number of aliphatic hydroxyl groups is 2. The van der Waals surface area contributed by atoms with Crippen molar-refractivity contribution in [2.75, 3.05) is 13.2 Å². The van der Waals surface area contributed by atoms with Gasteiger partial charge in [-0.2, -0.15) is 0 Å². The molecule has 0 amide bonds. The summed E-state index contributed by atoms with van der Waals surface area (Å²) in [4.78, 5) is 0. The van der Waals surface area contributed by atoms with Gasteiger partial charge in [-0.1, -0.05) is 13.8 Å². The fraction of sp³-hybridized carbons (Fsp3) is 1.00. The molecule has 0 aliphatic heterocycles. The number of hydrogen-bond acceptors (Lipinski definition) is 4. The van der Waals surface area contributed by atoms with Gasteiger partial charge in [-0.15, -0.1) is 0 Å². The Morgan fingerprint density at radius 2 is 2.00 bits per heavy atom. The summed E-state index contributed by atoms with van der Waals surface area (Å²) in [6, 6.07) is 0. The molecular weight excluding hydrogens is 134 g/mol. The molecule has 0 aliphatic rings. The third kappa shape index (κ3) is 2.22. The predicted octanol–water partition coefficient (Wildman–Crippen LogP) is -0.655. The SMILES string of the molecule is CC(C)C(O)(CO)CNO. The van der Waals surface area contributed by atoms with Gasteiger partial charge in [0.05, 0.1) is 13.2 Å². The Hall–Kier alpha value is -0.160. The lowest BCUT2D eigenvalue weighted by Crippen LogP contribution is -2.47. The highest BCUT2D eigenvalue weighted by molar-refractivity contribution is 4.81. The molecule has 10 heavy (non-hydrogen) atoms. The molecule has 0 heterocycles. The molecule has 0 spiro atoms. The molecule has 0 rings (SSSR count). The second kappa shape index (κ2) is 3.88. The molecule has 4 N–H and O–H groups in total. The molecule has 4 nitrogen and oxygen atoms in total. The highest BCUT2D eigenvalue weighted by Crippen LogP contribution is 2.14. The molecule has 4 heteroatoms. The van der Waals surface area contributed by atoms with Crippen molar-refractivity contribution in [2.24, 2.45) is 5.92 Å². The van der Waals surface area contributed by atoms with Crippen molar-refractivity contribution in [1.29, 1.82) is 0 Å². The standard InChI is InChI=1S/C6H15NO3/c1-5(2)6(9,4-8)3-7-10/h5,7-10H,3-4H2,1-2H3. The molecule has 1 atom stereocenters. The molecule has 1 unspecified atom stereocenters. The van der Waals surface area contributed by atoms with E-state index in [1.54, 1.807) is 13.8 Å². The summed E-state index contributed by atoms with van der Waals surface area (Å²) in [5.41, 5.74) is 0.617. The lowest BCUT2D eigenvalue weighted by Gasteiger charge is -2.28. The molecule has 0 radical (unpaired) electrons. The minimum Gasteiger partial charge on any atom is -0.393 e. The third-order valence-electron chi connectivity index (χ3n) is 1.73. The van der Waals surface area contributed by atoms with E-state index < -0.39 is 5.60 Å². The van der Waals surface area contributed by atoms with Gasteiger partial charge in [-0.3, -0.25) is 0 Å². The second-order valence-corrected chi connectivity index (χ2v) is 2.75. The molecule has 0 aromatic heterocycles. The van der Waals surface area contributed by atoms with Crippen LogP contribution in [0.25, 0.3) is 0 Å². The number of hydroxylamine groups is 1. The maximum atomic E-state index is 9.42. The van der Waals surface area contributed by atoms with E-state index in [0.717, 1.165) is 0 Å². The molecular formula is C6H15NO3. The molecule has 0 aromatic rings. The molecule has 0 saturated heterocycles. The molecule has 62 valence electrons. The van der Waals surface area contributed by atoms with Crippen molar-refractivity contribution in [1.82, 2.24) is 5.48 Å². The Balaban J connectivity index is 3.94. The van der Waals surface area contributed by atoms with Gasteiger partial charge >= 0.3 is 0 Å². The van der Waals surface area contributed by atoms with Crippen molar-refractivity contribution in [3.05, 3.63) is 0 Å². The van der Waals surface area contributed by atoms with Gasteiger partial charge in [0.1, 0.15) is 5.60 Å². The van der Waals surface area contributed by atoms with E-state index in [1.165, 1.54) is 0 Å². The Morgan fingerprint density at radius 3 is 2.10 bits per heavy atom. The molecule has 0 aliphatic carbocycles. The van der Waals surface area contributed by atoms with E-state index in [0.29, 0.717) is 0 Å². The van der Waals surface area contributed by atoms with E-state index in [-0.39, 0.29) is 19.1 Å². The van der Waals surface area contributed by atoms with E-state index >= 15 is 0 Å². The van der Waals surface area contributed by atoms with Crippen LogP contribution in [0.5, 0.6) is 0 Å². The first kappa shape index (κ1) is 9.84. The van der Waals surface area contributed by atoms with Gasteiger partial charge < -0.3 is 15.4 Å². The van der Waals surface area contributed by atoms with E-state index in [4.69, 9.17) is 10.3 Å². The van der Waals surface area contributed by atoms with Gasteiger partial charge in [-0.25, -0.2) is 5.48 Å². The zero-order chi connectivity index (χ0) is 8.20. The lowest BCUT2D eigenvalue weighted by atomic mass is 9.91. The summed E-state index contributed by atoms with van der Waals surface area (Å²) < 4.78 is 0. The van der Waals surface area contributed by atoms with Crippen molar-refractivity contribution >= 4 is 0 Å². The first-order chi connectivity index (χ1) is 4.56. The normalized spacial score (nSPS) is 17.4. The predicted molar refractivity (Wildman–Crippen MR) is 36.7 cm³/mol. The third-order valence-corrected chi connectivity index (χ3v) is 1.73. The quantitative estimate of drug-likeness (QED) is 0.401. The summed E-state index contributed by atoms with van der Waals surface area (Å²) in [6.07, 6.45) is 0. The fourth-order valence-electron chi connectivity index (χ4n) is 0.580. The van der Waals surface area contributed by atoms with Crippen LogP contribution in [-0.4, -0.2) is 34.2 Å². The van der Waals surface area contributed by atoms with Crippen molar-refractivity contribution in [3.63, 3.8) is 0 Å². The maximum absolute atomic E-state index is 9.42. The zero-order valence-corrected chi connectivity index (χ0v) is 6.33. The topological polar surface area (TPSA) is 72.7 Å². The van der Waals surface area contributed by atoms with Crippen LogP contribution in [0.3, 0.4) is 0 Å². The van der Waals surface area contributed by atoms with Crippen LogP contribution in [-0.2, 0) is 0 Å². The average Bonchev–Trinajstić information content (AvgIpc) is 1.88. The summed E-state index contributed by atoms with van der Waals surface area (Å²) >= 11 is 0. The fourth-order valence-corrected chi connectivity index (χ4v) is 0.580. The van der Waals surface area contributed by atoms with Crippen LogP contribution in [0.2, 0.25) is 0 Å². The van der Waals surface area contributed by atoms with Gasteiger partial charge in [0.2, 0.25) is 0 Å². The average molecular weight is 149 g/mol. The first-order valence-corrected chi connectivity index (χ1v) is 3.27. The largest absolute Gasteiger partial charge is 0.393 e. The van der Waals surface area contributed by atoms with Gasteiger partial charge in [0.25, 0.3) is 0 Å². The summed E-state index contributed by atoms with van der Waals surface area (Å²) in [6.45, 7) is 3.18. The Kier molecular flexibility index (Phi) is 3.81. The zero-order valence-electron chi connectivity index (χ0n) is 6.33. The van der Waals surface area contributed by atoms with E-state index in [9.17, 15) is 5.11 Å². The van der Waals surface area contributed by atoms with Crippen LogP contribution in [0, 0.1) is 5.92 Å². The summed E-state index contributed by atoms with van der Waals surface area (Å²) in [5.74, 6) is -0.0860. The summed E-state index contributed by atoms with van der Waals surface area (Å²) in [5, 5.41) is 26.4. The lowest BCUT2D eigenvalue weighted by molar-refractivity contribution is -0.0693. The van der Waals surface area contributed by atoms with Gasteiger partial charge in [0.15, 0.2) is 0 Å². The highest BCUT2D eigenvalue weighted by atomic mass is 16.5. The second-order valence-electron chi connectivity index (χ2n) is 2.75. The van der Waals surface area contributed by atoms with Gasteiger partial charge in [0, 0.05) is 0 Å². The van der Waals surface area contributed by atoms with E-state index in [1.807, 2.05) is 5.48 Å². The van der Waals surface area contributed by atoms with Crippen LogP contribution in [0.4, 0.5) is 0 Å². The summed E-state index contributed by atoms with van der Waals surface area (Å²) in [7, 11) is 0. The smallest absolute Gasteiger partial charge is 0.105 e. The Bertz CT molecular complexity index is 97.0. The Morgan fingerprint density at radius 1 is 1.50 bits per heavy atom. The highest BCUT2D eigenvalue weighted by Gasteiger charge is 2.29. The monoisotopic (exact) mass is 149 g/mol. The number of nitrogens with one attached hydrogen (secondary N) is 1. The van der Waals surface area contributed by atoms with Gasteiger partial charge in [-0.05, 0) is 5.92 Å². The number of hydrogen-bond donors (Lipinski definition) is 4. The molecule has 0 aromatic carbocycles. The Labute approximate surface area is 60.5 Å². The first-order valence-electron chi connectivity index (χ1n) is 3.27. The van der Waals surface area contributed by atoms with Crippen LogP contribution in [0.1, 0.15) is 13.8 Å². The van der Waals surface area contributed by atoms with Crippen molar-refractivity contribution < 1.29 is 15.4 Å². The number of rotatable bonds is 4. The van der Waals surface area contributed by atoms with E-state index in [2.05, 4.69) is 0 Å². The maximum Gasteiger partial charge on any atom is 0.105 e. The molecule has 0 fully saturated rings. The molecule has 0 saturated carbocycles. The minimum absolute atomic E-state index is 0.0127. The minimum atomic E-state index is -1.21. The van der Waals surface area contributed by atoms with Crippen LogP contribution < -0.4 is 5.48 Å². The number of aliphatic hydroxyl groups excluding tert-OH is 1. The van der Waals surface area contributed by atoms with Crippen LogP contribution in [0.15, 0.2) is 0 Å². The van der Waals surface area contributed by atoms with Crippen molar-refractivity contribution in [3.8, 4) is 0 Å². The van der Waals surface area contributed by atoms with Crippen LogP contribution >= 0.6 is 0 Å². The molecule has 0 bridgehead atoms. The van der Waals surface area contributed by atoms with Crippen molar-refractivity contribution in [2.45, 2.75) is 19.4 Å².